The van der Waals surface area contributed by atoms with Crippen molar-refractivity contribution in [2.75, 3.05) is 11.0 Å². The molecular weight excluding hydrogens is 1020 g/mol. The summed E-state index contributed by atoms with van der Waals surface area (Å²) in [5, 5.41) is 0. The number of alkyl halides is 1. The van der Waals surface area contributed by atoms with Crippen LogP contribution >= 0.6 is 22.6 Å². The summed E-state index contributed by atoms with van der Waals surface area (Å²) < 4.78 is 68.4. The monoisotopic (exact) mass is 1110 g/mol. The van der Waals surface area contributed by atoms with Crippen LogP contribution in [0.5, 0.6) is 0 Å². The van der Waals surface area contributed by atoms with Gasteiger partial charge in [-0.2, -0.15) is 0 Å². The fourth-order valence-corrected chi connectivity index (χ4v) is 10.1. The van der Waals surface area contributed by atoms with E-state index in [1.165, 1.54) is 17.3 Å². The second kappa shape index (κ2) is 30.3. The Hall–Kier alpha value is -2.50. The van der Waals surface area contributed by atoms with Crippen molar-refractivity contribution in [1.82, 2.24) is 0 Å². The summed E-state index contributed by atoms with van der Waals surface area (Å²) in [6.07, 6.45) is -3.72. The third-order valence-corrected chi connectivity index (χ3v) is 16.8. The van der Waals surface area contributed by atoms with Gasteiger partial charge in [0, 0.05) is 11.8 Å². The van der Waals surface area contributed by atoms with Crippen LogP contribution in [0.25, 0.3) is 0 Å². The van der Waals surface area contributed by atoms with E-state index in [1.807, 2.05) is 85.8 Å². The molecule has 7 rings (SSSR count). The van der Waals surface area contributed by atoms with Crippen molar-refractivity contribution < 1.29 is 52.2 Å². The molecular formula is C60H91IO11. The van der Waals surface area contributed by atoms with Crippen LogP contribution in [0.2, 0.25) is 0 Å². The van der Waals surface area contributed by atoms with Gasteiger partial charge < -0.3 is 47.4 Å². The quantitative estimate of drug-likeness (QED) is 0.0732. The smallest absolute Gasteiger partial charge is 0.338 e. The lowest BCUT2D eigenvalue weighted by Crippen LogP contribution is -2.62. The van der Waals surface area contributed by atoms with Crippen LogP contribution in [0.4, 0.5) is 0 Å². The second-order valence-corrected chi connectivity index (χ2v) is 22.2. The fraction of sp³-hybridized carbons (Fsp3) is 0.683. The van der Waals surface area contributed by atoms with Gasteiger partial charge in [0.25, 0.3) is 0 Å². The van der Waals surface area contributed by atoms with Gasteiger partial charge in [-0.1, -0.05) is 196 Å². The minimum Gasteiger partial charge on any atom is -0.459 e. The van der Waals surface area contributed by atoms with E-state index in [2.05, 4.69) is 125 Å². The first-order chi connectivity index (χ1) is 34.5. The zero-order valence-electron chi connectivity index (χ0n) is 46.0. The van der Waals surface area contributed by atoms with Crippen molar-refractivity contribution in [2.45, 2.75) is 203 Å². The molecule has 11 nitrogen and oxygen atoms in total. The molecule has 404 valence electrons. The number of benzene rings is 3. The molecule has 0 amide bonds. The predicted molar refractivity (Wildman–Crippen MR) is 292 cm³/mol. The van der Waals surface area contributed by atoms with Crippen LogP contribution in [0, 0.1) is 47.3 Å². The van der Waals surface area contributed by atoms with Crippen LogP contribution in [0.1, 0.15) is 126 Å². The summed E-state index contributed by atoms with van der Waals surface area (Å²) in [5.41, 5.74) is 3.05. The highest BCUT2D eigenvalue weighted by Gasteiger charge is 2.53. The zero-order chi connectivity index (χ0) is 52.5. The third-order valence-electron chi connectivity index (χ3n) is 15.8. The maximum Gasteiger partial charge on any atom is 0.338 e. The van der Waals surface area contributed by atoms with Gasteiger partial charge in [0.1, 0.15) is 24.9 Å². The van der Waals surface area contributed by atoms with Crippen LogP contribution in [-0.4, -0.2) is 90.8 Å². The first-order valence-electron chi connectivity index (χ1n) is 27.2. The van der Waals surface area contributed by atoms with E-state index >= 15 is 0 Å². The normalized spacial score (nSPS) is 36.8. The van der Waals surface area contributed by atoms with E-state index in [0.717, 1.165) is 16.7 Å². The highest BCUT2D eigenvalue weighted by molar-refractivity contribution is 14.1. The summed E-state index contributed by atoms with van der Waals surface area (Å²) >= 11 is 2.35. The average Bonchev–Trinajstić information content (AvgIpc) is 3.38. The molecule has 0 N–H and O–H groups in total. The van der Waals surface area contributed by atoms with Gasteiger partial charge in [-0.05, 0) is 83.8 Å². The molecule has 0 radical (unpaired) electrons. The molecule has 0 bridgehead atoms. The molecule has 8 unspecified atom stereocenters. The fourth-order valence-electron chi connectivity index (χ4n) is 10.1. The molecule has 12 heteroatoms. The summed E-state index contributed by atoms with van der Waals surface area (Å²) in [7, 11) is 0. The van der Waals surface area contributed by atoms with Gasteiger partial charge in [-0.25, -0.2) is 4.79 Å². The van der Waals surface area contributed by atoms with Crippen molar-refractivity contribution in [3.63, 3.8) is 0 Å². The van der Waals surface area contributed by atoms with Crippen LogP contribution in [-0.2, 0) is 72.0 Å². The number of ether oxygens (including phenoxy) is 10. The Bertz CT molecular complexity index is 1940. The van der Waals surface area contributed by atoms with Gasteiger partial charge in [0.15, 0.2) is 25.0 Å². The Kier molecular flexibility index (Phi) is 25.4. The Morgan fingerprint density at radius 3 is 1.40 bits per heavy atom. The molecule has 4 aliphatic rings. The highest BCUT2D eigenvalue weighted by Crippen LogP contribution is 2.43. The van der Waals surface area contributed by atoms with Gasteiger partial charge in [0.05, 0.1) is 50.3 Å². The first-order valence-corrected chi connectivity index (χ1v) is 28.7. The maximum atomic E-state index is 14.1. The van der Waals surface area contributed by atoms with E-state index in [-0.39, 0.29) is 66.3 Å². The Morgan fingerprint density at radius 1 is 0.472 bits per heavy atom. The van der Waals surface area contributed by atoms with Crippen molar-refractivity contribution in [1.29, 1.82) is 0 Å². The maximum absolute atomic E-state index is 14.1. The lowest BCUT2D eigenvalue weighted by molar-refractivity contribution is -0.377. The van der Waals surface area contributed by atoms with E-state index in [9.17, 15) is 4.79 Å². The number of halogens is 1. The molecule has 0 aromatic heterocycles. The number of rotatable bonds is 17. The Labute approximate surface area is 447 Å². The molecule has 0 aliphatic carbocycles. The summed E-state index contributed by atoms with van der Waals surface area (Å²) in [4.78, 5) is 14.1. The summed E-state index contributed by atoms with van der Waals surface area (Å²) in [5.74, 6) is 0.234. The topological polar surface area (TPSA) is 109 Å². The lowest BCUT2D eigenvalue weighted by atomic mass is 9.78. The number of carbonyl (C=O) groups is 1. The Balaban J connectivity index is 0.00000129. The van der Waals surface area contributed by atoms with E-state index in [1.54, 1.807) is 0 Å². The van der Waals surface area contributed by atoms with Gasteiger partial charge in [0.2, 0.25) is 0 Å². The molecule has 72 heavy (non-hydrogen) atoms. The first kappa shape index (κ1) is 60.4. The largest absolute Gasteiger partial charge is 0.459 e. The predicted octanol–water partition coefficient (Wildman–Crippen LogP) is 13.0. The zero-order valence-corrected chi connectivity index (χ0v) is 48.2. The van der Waals surface area contributed by atoms with Crippen LogP contribution in [0.15, 0.2) is 91.0 Å². The van der Waals surface area contributed by atoms with Gasteiger partial charge in [-0.3, -0.25) is 0 Å². The number of esters is 1. The molecule has 4 saturated heterocycles. The minimum atomic E-state index is -1.05. The molecule has 0 spiro atoms. The molecule has 4 heterocycles. The van der Waals surface area contributed by atoms with Crippen molar-refractivity contribution in [2.24, 2.45) is 47.3 Å². The van der Waals surface area contributed by atoms with Crippen LogP contribution < -0.4 is 0 Å². The number of carbonyl (C=O) groups excluding carboxylic acids is 1. The van der Waals surface area contributed by atoms with E-state index < -0.39 is 61.5 Å². The van der Waals surface area contributed by atoms with Crippen LogP contribution in [0.3, 0.4) is 0 Å². The highest BCUT2D eigenvalue weighted by atomic mass is 127. The molecule has 3 aromatic carbocycles. The van der Waals surface area contributed by atoms with E-state index in [0.29, 0.717) is 25.7 Å². The summed E-state index contributed by atoms with van der Waals surface area (Å²) in [6.45, 7) is 31.6. The van der Waals surface area contributed by atoms with Crippen molar-refractivity contribution in [3.8, 4) is 0 Å². The molecule has 3 aromatic rings. The SMILES string of the molecule is CC1C(O[C@@H]2OC(COCc3ccccc3)[C@H](C)[C@H](C)C2C)[C@H](OC2C(C)[C@@H](C)[C@H](C)O[C@H]2O[C@H]2C(C(=O)OCc3ccccc3)O[C@@H](C)C(OCc3ccccc3)[C@H]2C)O[C@@H](C)[C@@H]1C.CCC.CCCI. The lowest BCUT2D eigenvalue weighted by Gasteiger charge is -2.51. The molecule has 20 atom stereocenters. The third kappa shape index (κ3) is 16.5. The van der Waals surface area contributed by atoms with Crippen molar-refractivity contribution in [3.05, 3.63) is 108 Å². The minimum absolute atomic E-state index is 0.0258. The number of hydrogen-bond donors (Lipinski definition) is 0. The molecule has 4 aliphatic heterocycles. The standard InChI is InChI=1S/C54H76O11.C3H7I.C3H8/c1-31-34(4)45(30-56-27-42-21-15-12-16-22-42)62-52(37(31)7)64-48-35(5)32(2)40(10)61-54(48)65-49-36(6)33(3)39(9)60-53(49)63-47-38(8)46(57-28-43-23-17-13-18-24-43)41(11)59-50(47)51(55)58-29-44-25-19-14-20-26-44;1-2-3-4;1-3-2/h12-26,31-41,45-50,52-54H,27-30H2,1-11H3;2-3H2,1H3;3H2,1-2H3/t31-,32+,33+,34+,35?,36?,37?,38+,39-,40-,41-,45?,46?,47+,48?,49?,50?,52-,53-,54-;;/m0../s1. The average molecular weight is 1120 g/mol. The van der Waals surface area contributed by atoms with Gasteiger partial charge >= 0.3 is 5.97 Å². The summed E-state index contributed by atoms with van der Waals surface area (Å²) in [6, 6.07) is 29.9. The Morgan fingerprint density at radius 2 is 0.917 bits per heavy atom. The molecule has 0 saturated carbocycles. The van der Waals surface area contributed by atoms with Crippen molar-refractivity contribution >= 4 is 28.6 Å². The van der Waals surface area contributed by atoms with Gasteiger partial charge in [-0.15, -0.1) is 0 Å². The number of hydrogen-bond acceptors (Lipinski definition) is 11. The second-order valence-electron chi connectivity index (χ2n) is 21.2. The molecule has 4 fully saturated rings. The van der Waals surface area contributed by atoms with E-state index in [4.69, 9.17) is 47.4 Å².